The summed E-state index contributed by atoms with van der Waals surface area (Å²) in [5.74, 6) is -0.435. The fourth-order valence-electron chi connectivity index (χ4n) is 4.31. The lowest BCUT2D eigenvalue weighted by atomic mass is 9.84. The highest BCUT2D eigenvalue weighted by Gasteiger charge is 2.55. The lowest BCUT2D eigenvalue weighted by molar-refractivity contribution is -0.135. The van der Waals surface area contributed by atoms with Crippen molar-refractivity contribution < 1.29 is 28.3 Å². The molecular weight excluding hydrogens is 452 g/mol. The van der Waals surface area contributed by atoms with Crippen LogP contribution in [0.1, 0.15) is 28.1 Å². The molecule has 0 bridgehead atoms. The van der Waals surface area contributed by atoms with Gasteiger partial charge >= 0.3 is 6.03 Å². The van der Waals surface area contributed by atoms with E-state index in [1.165, 1.54) is 6.26 Å². The van der Waals surface area contributed by atoms with Gasteiger partial charge in [0.15, 0.2) is 5.54 Å². The number of carbonyl (C=O) groups excluding carboxylic acids is 4. The maximum absolute atomic E-state index is 13.4. The summed E-state index contributed by atoms with van der Waals surface area (Å²) in [5.41, 5.74) is -0.214. The summed E-state index contributed by atoms with van der Waals surface area (Å²) in [6, 6.07) is 16.3. The van der Waals surface area contributed by atoms with E-state index >= 15 is 0 Å². The Labute approximate surface area is 200 Å². The van der Waals surface area contributed by atoms with E-state index in [1.54, 1.807) is 60.7 Å². The first-order chi connectivity index (χ1) is 17.0. The van der Waals surface area contributed by atoms with Gasteiger partial charge in [-0.05, 0) is 30.3 Å². The number of ether oxygens (including phenoxy) is 1. The Hall–Kier alpha value is -4.60. The van der Waals surface area contributed by atoms with Gasteiger partial charge in [0, 0.05) is 12.0 Å². The minimum atomic E-state index is -1.27. The number of amides is 5. The molecule has 5 amide bonds. The van der Waals surface area contributed by atoms with Crippen molar-refractivity contribution in [1.29, 1.82) is 0 Å². The number of hydrogen-bond acceptors (Lipinski definition) is 6. The maximum atomic E-state index is 13.4. The first kappa shape index (κ1) is 22.2. The summed E-state index contributed by atoms with van der Waals surface area (Å²) in [6.45, 7) is -0.0643. The summed E-state index contributed by atoms with van der Waals surface area (Å²) in [7, 11) is 0. The second kappa shape index (κ2) is 8.98. The highest BCUT2D eigenvalue weighted by atomic mass is 16.5. The SMILES string of the molecule is O=C(CN1C(=O)NC2(CCOc3ccccc32)C1=O)Nc1ccccc1C(=O)NCc1ccco1. The van der Waals surface area contributed by atoms with Crippen molar-refractivity contribution >= 4 is 29.4 Å². The van der Waals surface area contributed by atoms with Crippen molar-refractivity contribution in [1.82, 2.24) is 15.5 Å². The van der Waals surface area contributed by atoms with Crippen molar-refractivity contribution in [2.75, 3.05) is 18.5 Å². The van der Waals surface area contributed by atoms with Crippen LogP contribution in [0.15, 0.2) is 71.3 Å². The first-order valence-electron chi connectivity index (χ1n) is 11.0. The molecule has 0 aliphatic carbocycles. The van der Waals surface area contributed by atoms with E-state index in [9.17, 15) is 19.2 Å². The molecule has 10 nitrogen and oxygen atoms in total. The zero-order valence-electron chi connectivity index (χ0n) is 18.6. The number of nitrogens with one attached hydrogen (secondary N) is 3. The third-order valence-electron chi connectivity index (χ3n) is 6.01. The third-order valence-corrected chi connectivity index (χ3v) is 6.01. The molecular formula is C25H22N4O6. The van der Waals surface area contributed by atoms with Crippen LogP contribution < -0.4 is 20.7 Å². The van der Waals surface area contributed by atoms with Crippen LogP contribution in [0.25, 0.3) is 0 Å². The number of rotatable bonds is 6. The van der Waals surface area contributed by atoms with E-state index < -0.39 is 35.8 Å². The van der Waals surface area contributed by atoms with Crippen molar-refractivity contribution in [3.63, 3.8) is 0 Å². The second-order valence-corrected chi connectivity index (χ2v) is 8.18. The van der Waals surface area contributed by atoms with E-state index in [0.717, 1.165) is 4.90 Å². The van der Waals surface area contributed by atoms with Crippen LogP contribution in [0.2, 0.25) is 0 Å². The standard InChI is InChI=1S/C25H22N4O6/c30-21(27-19-9-3-1-7-17(19)22(31)26-14-16-6-5-12-34-16)15-29-23(32)25(28-24(29)33)11-13-35-20-10-4-2-8-18(20)25/h1-10,12H,11,13-15H2,(H,26,31)(H,27,30)(H,28,33). The molecule has 178 valence electrons. The molecule has 3 aromatic rings. The number of benzene rings is 2. The largest absolute Gasteiger partial charge is 0.493 e. The molecule has 1 atom stereocenters. The van der Waals surface area contributed by atoms with E-state index in [1.807, 2.05) is 0 Å². The molecule has 0 radical (unpaired) electrons. The quantitative estimate of drug-likeness (QED) is 0.471. The molecule has 35 heavy (non-hydrogen) atoms. The predicted molar refractivity (Wildman–Crippen MR) is 123 cm³/mol. The van der Waals surface area contributed by atoms with Crippen LogP contribution in [0, 0.1) is 0 Å². The highest BCUT2D eigenvalue weighted by Crippen LogP contribution is 2.40. The van der Waals surface area contributed by atoms with Crippen LogP contribution >= 0.6 is 0 Å². The number of nitrogens with zero attached hydrogens (tertiary/aromatic N) is 1. The number of para-hydroxylation sites is 2. The van der Waals surface area contributed by atoms with Gasteiger partial charge in [0.1, 0.15) is 18.1 Å². The number of hydrogen-bond donors (Lipinski definition) is 3. The van der Waals surface area contributed by atoms with Crippen LogP contribution in [0.3, 0.4) is 0 Å². The Morgan fingerprint density at radius 2 is 1.83 bits per heavy atom. The summed E-state index contributed by atoms with van der Waals surface area (Å²) < 4.78 is 10.8. The van der Waals surface area contributed by atoms with Gasteiger partial charge in [0.2, 0.25) is 5.91 Å². The van der Waals surface area contributed by atoms with Crippen LogP contribution in [0.5, 0.6) is 5.75 Å². The van der Waals surface area contributed by atoms with E-state index in [4.69, 9.17) is 9.15 Å². The molecule has 2 aliphatic rings. The number of carbonyl (C=O) groups is 4. The van der Waals surface area contributed by atoms with Crippen LogP contribution in [-0.4, -0.2) is 41.8 Å². The van der Waals surface area contributed by atoms with Crippen LogP contribution in [-0.2, 0) is 21.7 Å². The molecule has 3 heterocycles. The summed E-state index contributed by atoms with van der Waals surface area (Å²) in [5, 5.41) is 8.13. The van der Waals surface area contributed by atoms with Gasteiger partial charge in [-0.1, -0.05) is 30.3 Å². The highest BCUT2D eigenvalue weighted by molar-refractivity contribution is 6.11. The van der Waals surface area contributed by atoms with Gasteiger partial charge in [-0.25, -0.2) is 4.79 Å². The Morgan fingerprint density at radius 1 is 1.03 bits per heavy atom. The molecule has 2 aliphatic heterocycles. The number of fused-ring (bicyclic) bond motifs is 2. The summed E-state index contributed by atoms with van der Waals surface area (Å²) in [4.78, 5) is 52.5. The monoisotopic (exact) mass is 474 g/mol. The fraction of sp³-hybridized carbons (Fsp3) is 0.200. The van der Waals surface area contributed by atoms with Crippen molar-refractivity contribution in [3.05, 3.63) is 83.8 Å². The first-order valence-corrected chi connectivity index (χ1v) is 11.0. The van der Waals surface area contributed by atoms with Gasteiger partial charge < -0.3 is 25.1 Å². The third kappa shape index (κ3) is 4.10. The number of imide groups is 1. The molecule has 1 unspecified atom stereocenters. The van der Waals surface area contributed by atoms with Crippen molar-refractivity contribution in [3.8, 4) is 5.75 Å². The van der Waals surface area contributed by atoms with Gasteiger partial charge in [-0.15, -0.1) is 0 Å². The number of urea groups is 1. The molecule has 1 aromatic heterocycles. The van der Waals surface area contributed by atoms with Gasteiger partial charge in [-0.2, -0.15) is 0 Å². The number of furan rings is 1. The smallest absolute Gasteiger partial charge is 0.325 e. The molecule has 1 fully saturated rings. The molecule has 1 saturated heterocycles. The zero-order chi connectivity index (χ0) is 24.4. The topological polar surface area (TPSA) is 130 Å². The Morgan fingerprint density at radius 3 is 2.66 bits per heavy atom. The Kier molecular flexibility index (Phi) is 5.69. The number of anilines is 1. The maximum Gasteiger partial charge on any atom is 0.325 e. The van der Waals surface area contributed by atoms with Crippen molar-refractivity contribution in [2.24, 2.45) is 0 Å². The summed E-state index contributed by atoms with van der Waals surface area (Å²) >= 11 is 0. The fourth-order valence-corrected chi connectivity index (χ4v) is 4.31. The minimum Gasteiger partial charge on any atom is -0.493 e. The van der Waals surface area contributed by atoms with Gasteiger partial charge in [0.25, 0.3) is 11.8 Å². The lowest BCUT2D eigenvalue weighted by Gasteiger charge is -2.33. The Balaban J connectivity index is 1.29. The summed E-state index contributed by atoms with van der Waals surface area (Å²) in [6.07, 6.45) is 1.76. The molecule has 2 aromatic carbocycles. The molecule has 1 spiro atoms. The zero-order valence-corrected chi connectivity index (χ0v) is 18.6. The lowest BCUT2D eigenvalue weighted by Crippen LogP contribution is -2.48. The second-order valence-electron chi connectivity index (χ2n) is 8.18. The predicted octanol–water partition coefficient (Wildman–Crippen LogP) is 2.38. The van der Waals surface area contributed by atoms with E-state index in [-0.39, 0.29) is 30.8 Å². The molecule has 0 saturated carbocycles. The van der Waals surface area contributed by atoms with Gasteiger partial charge in [-0.3, -0.25) is 19.3 Å². The molecule has 10 heteroatoms. The normalized spacial score (nSPS) is 18.6. The Bertz CT molecular complexity index is 1300. The van der Waals surface area contributed by atoms with Crippen LogP contribution in [0.4, 0.5) is 10.5 Å². The molecule has 5 rings (SSSR count). The average molecular weight is 474 g/mol. The van der Waals surface area contributed by atoms with E-state index in [2.05, 4.69) is 16.0 Å². The van der Waals surface area contributed by atoms with E-state index in [0.29, 0.717) is 17.1 Å². The minimum absolute atomic E-state index is 0.184. The van der Waals surface area contributed by atoms with Crippen molar-refractivity contribution in [2.45, 2.75) is 18.5 Å². The average Bonchev–Trinajstić information content (AvgIpc) is 3.46. The van der Waals surface area contributed by atoms with Gasteiger partial charge in [0.05, 0.1) is 30.7 Å². The molecule has 3 N–H and O–H groups in total.